The molecule has 8 heteroatoms. The van der Waals surface area contributed by atoms with E-state index < -0.39 is 0 Å². The number of carbonyl (C=O) groups is 2. The number of hydrogen-bond acceptors (Lipinski definition) is 3. The van der Waals surface area contributed by atoms with Crippen molar-refractivity contribution in [2.45, 2.75) is 25.8 Å². The molecule has 1 aliphatic rings. The van der Waals surface area contributed by atoms with Crippen LogP contribution in [0.2, 0.25) is 10.0 Å². The number of benzene rings is 2. The molecular weight excluding hydrogens is 425 g/mol. The minimum atomic E-state index is -0.298. The fourth-order valence-electron chi connectivity index (χ4n) is 3.37. The maximum atomic E-state index is 12.8. The molecule has 1 aliphatic heterocycles. The molecule has 0 radical (unpaired) electrons. The van der Waals surface area contributed by atoms with Crippen molar-refractivity contribution in [3.63, 3.8) is 0 Å². The molecule has 1 fully saturated rings. The molecule has 0 atom stereocenters. The number of nitrogens with zero attached hydrogens (tertiary/aromatic N) is 2. The Balaban J connectivity index is 1.65. The molecule has 0 spiro atoms. The average Bonchev–Trinajstić information content (AvgIpc) is 3.28. The number of anilines is 1. The Kier molecular flexibility index (Phi) is 7.96. The molecule has 1 saturated heterocycles. The first kappa shape index (κ1) is 22.4. The second kappa shape index (κ2) is 10.7. The Morgan fingerprint density at radius 2 is 1.73 bits per heavy atom. The van der Waals surface area contributed by atoms with E-state index in [1.54, 1.807) is 41.3 Å². The van der Waals surface area contributed by atoms with Crippen molar-refractivity contribution in [3.8, 4) is 0 Å². The highest BCUT2D eigenvalue weighted by molar-refractivity contribution is 6.42. The number of nitrogens with one attached hydrogen (secondary N) is 1. The van der Waals surface area contributed by atoms with Gasteiger partial charge in [-0.15, -0.1) is 0 Å². The maximum absolute atomic E-state index is 12.8. The van der Waals surface area contributed by atoms with Gasteiger partial charge in [-0.05, 0) is 61.2 Å². The number of carbonyl (C=O) groups excluding carboxylic acids is 2. The first-order chi connectivity index (χ1) is 14.5. The lowest BCUT2D eigenvalue weighted by Crippen LogP contribution is -2.35. The number of rotatable bonds is 7. The predicted octanol–water partition coefficient (Wildman–Crippen LogP) is 4.65. The van der Waals surface area contributed by atoms with Crippen molar-refractivity contribution in [2.75, 3.05) is 31.6 Å². The third-order valence-electron chi connectivity index (χ3n) is 5.01. The van der Waals surface area contributed by atoms with E-state index >= 15 is 0 Å². The third-order valence-corrected chi connectivity index (χ3v) is 5.75. The van der Waals surface area contributed by atoms with Gasteiger partial charge in [-0.25, -0.2) is 4.79 Å². The standard InChI is InChI=1S/C22H25Cl2N3O3/c23-19-9-4-16(14-20(19)24)15-27(12-3-13-28)22(30)25-18-7-5-17(6-8-18)21(29)26-10-1-2-11-26/h4-9,14,28H,1-3,10-13,15H2,(H,25,30). The van der Waals surface area contributed by atoms with Gasteiger partial charge in [0, 0.05) is 44.0 Å². The number of halogens is 2. The molecule has 0 saturated carbocycles. The van der Waals surface area contributed by atoms with Gasteiger partial charge in [0.1, 0.15) is 0 Å². The molecule has 0 aromatic heterocycles. The zero-order valence-corrected chi connectivity index (χ0v) is 18.1. The molecule has 1 heterocycles. The summed E-state index contributed by atoms with van der Waals surface area (Å²) in [5, 5.41) is 12.9. The highest BCUT2D eigenvalue weighted by Gasteiger charge is 2.20. The average molecular weight is 450 g/mol. The number of amides is 3. The fraction of sp³-hybridized carbons (Fsp3) is 0.364. The van der Waals surface area contributed by atoms with Gasteiger partial charge in [0.05, 0.1) is 10.0 Å². The fourth-order valence-corrected chi connectivity index (χ4v) is 3.69. The number of aliphatic hydroxyl groups excluding tert-OH is 1. The van der Waals surface area contributed by atoms with E-state index in [1.807, 2.05) is 11.0 Å². The summed E-state index contributed by atoms with van der Waals surface area (Å²) in [5.41, 5.74) is 2.05. The second-order valence-electron chi connectivity index (χ2n) is 7.25. The van der Waals surface area contributed by atoms with E-state index in [9.17, 15) is 14.7 Å². The summed E-state index contributed by atoms with van der Waals surface area (Å²) in [7, 11) is 0. The van der Waals surface area contributed by atoms with Gasteiger partial charge in [-0.3, -0.25) is 4.79 Å². The van der Waals surface area contributed by atoms with Crippen LogP contribution < -0.4 is 5.32 Å². The van der Waals surface area contributed by atoms with E-state index in [0.29, 0.717) is 40.8 Å². The summed E-state index contributed by atoms with van der Waals surface area (Å²) in [6.07, 6.45) is 2.54. The zero-order chi connectivity index (χ0) is 21.5. The number of urea groups is 1. The smallest absolute Gasteiger partial charge is 0.322 e. The summed E-state index contributed by atoms with van der Waals surface area (Å²) in [6.45, 7) is 2.29. The molecule has 2 N–H and O–H groups in total. The van der Waals surface area contributed by atoms with Crippen LogP contribution in [0.5, 0.6) is 0 Å². The summed E-state index contributed by atoms with van der Waals surface area (Å²) < 4.78 is 0. The van der Waals surface area contributed by atoms with Gasteiger partial charge < -0.3 is 20.2 Å². The molecule has 30 heavy (non-hydrogen) atoms. The highest BCUT2D eigenvalue weighted by Crippen LogP contribution is 2.23. The minimum absolute atomic E-state index is 0.0154. The lowest BCUT2D eigenvalue weighted by atomic mass is 10.2. The minimum Gasteiger partial charge on any atom is -0.396 e. The molecular formula is C22H25Cl2N3O3. The van der Waals surface area contributed by atoms with E-state index in [-0.39, 0.29) is 18.5 Å². The molecule has 0 unspecified atom stereocenters. The van der Waals surface area contributed by atoms with Crippen LogP contribution in [-0.2, 0) is 6.54 Å². The summed E-state index contributed by atoms with van der Waals surface area (Å²) in [6, 6.07) is 11.8. The van der Waals surface area contributed by atoms with Gasteiger partial charge in [-0.1, -0.05) is 29.3 Å². The van der Waals surface area contributed by atoms with E-state index in [2.05, 4.69) is 5.32 Å². The highest BCUT2D eigenvalue weighted by atomic mass is 35.5. The van der Waals surface area contributed by atoms with Crippen molar-refractivity contribution in [1.29, 1.82) is 0 Å². The molecule has 2 aromatic carbocycles. The largest absolute Gasteiger partial charge is 0.396 e. The van der Waals surface area contributed by atoms with Crippen molar-refractivity contribution < 1.29 is 14.7 Å². The molecule has 160 valence electrons. The van der Waals surface area contributed by atoms with Gasteiger partial charge >= 0.3 is 6.03 Å². The number of aliphatic hydroxyl groups is 1. The van der Waals surface area contributed by atoms with E-state index in [0.717, 1.165) is 31.5 Å². The van der Waals surface area contributed by atoms with Gasteiger partial charge in [0.25, 0.3) is 5.91 Å². The lowest BCUT2D eigenvalue weighted by molar-refractivity contribution is 0.0793. The Bertz CT molecular complexity index is 884. The van der Waals surface area contributed by atoms with Crippen LogP contribution >= 0.6 is 23.2 Å². The molecule has 3 amide bonds. The third kappa shape index (κ3) is 5.88. The maximum Gasteiger partial charge on any atom is 0.322 e. The van der Waals surface area contributed by atoms with Crippen molar-refractivity contribution in [3.05, 3.63) is 63.6 Å². The predicted molar refractivity (Wildman–Crippen MR) is 119 cm³/mol. The molecule has 0 aliphatic carbocycles. The number of likely N-dealkylation sites (tertiary alicyclic amines) is 1. The number of hydrogen-bond donors (Lipinski definition) is 2. The Morgan fingerprint density at radius 3 is 2.37 bits per heavy atom. The van der Waals surface area contributed by atoms with Gasteiger partial charge in [0.2, 0.25) is 0 Å². The van der Waals surface area contributed by atoms with Crippen molar-refractivity contribution in [1.82, 2.24) is 9.80 Å². The lowest BCUT2D eigenvalue weighted by Gasteiger charge is -2.23. The van der Waals surface area contributed by atoms with E-state index in [1.165, 1.54) is 0 Å². The van der Waals surface area contributed by atoms with Crippen molar-refractivity contribution in [2.24, 2.45) is 0 Å². The van der Waals surface area contributed by atoms with Crippen LogP contribution in [0.1, 0.15) is 35.2 Å². The molecule has 6 nitrogen and oxygen atoms in total. The Morgan fingerprint density at radius 1 is 1.03 bits per heavy atom. The van der Waals surface area contributed by atoms with Crippen LogP contribution in [-0.4, -0.2) is 53.1 Å². The summed E-state index contributed by atoms with van der Waals surface area (Å²) >= 11 is 12.0. The quantitative estimate of drug-likeness (QED) is 0.645. The molecule has 2 aromatic rings. The molecule has 3 rings (SSSR count). The van der Waals surface area contributed by atoms with Crippen molar-refractivity contribution >= 4 is 40.8 Å². The molecule has 0 bridgehead atoms. The topological polar surface area (TPSA) is 72.9 Å². The first-order valence-electron chi connectivity index (χ1n) is 9.98. The summed E-state index contributed by atoms with van der Waals surface area (Å²) in [4.78, 5) is 28.7. The normalized spacial score (nSPS) is 13.4. The van der Waals surface area contributed by atoms with E-state index in [4.69, 9.17) is 23.2 Å². The van der Waals surface area contributed by atoms with Crippen LogP contribution in [0.4, 0.5) is 10.5 Å². The SMILES string of the molecule is O=C(Nc1ccc(C(=O)N2CCCC2)cc1)N(CCCO)Cc1ccc(Cl)c(Cl)c1. The van der Waals surface area contributed by atoms with Crippen LogP contribution in [0.3, 0.4) is 0 Å². The van der Waals surface area contributed by atoms with Crippen LogP contribution in [0.25, 0.3) is 0 Å². The van der Waals surface area contributed by atoms with Crippen LogP contribution in [0, 0.1) is 0 Å². The Labute approximate surface area is 186 Å². The van der Waals surface area contributed by atoms with Gasteiger partial charge in [-0.2, -0.15) is 0 Å². The van der Waals surface area contributed by atoms with Crippen LogP contribution in [0.15, 0.2) is 42.5 Å². The second-order valence-corrected chi connectivity index (χ2v) is 8.07. The summed E-state index contributed by atoms with van der Waals surface area (Å²) in [5.74, 6) is 0.0227. The first-order valence-corrected chi connectivity index (χ1v) is 10.7. The zero-order valence-electron chi connectivity index (χ0n) is 16.6. The monoisotopic (exact) mass is 449 g/mol. The Hall–Kier alpha value is -2.28. The van der Waals surface area contributed by atoms with Gasteiger partial charge in [0.15, 0.2) is 0 Å².